The SMILES string of the molecule is CCOc1ccc(S(=O)(=O)N2CCCNC(=O)C2)cc1. The van der Waals surface area contributed by atoms with Crippen molar-refractivity contribution >= 4 is 15.9 Å². The third-order valence-corrected chi connectivity index (χ3v) is 4.86. The van der Waals surface area contributed by atoms with Gasteiger partial charge in [0, 0.05) is 13.1 Å². The number of amides is 1. The van der Waals surface area contributed by atoms with E-state index in [4.69, 9.17) is 4.74 Å². The third-order valence-electron chi connectivity index (χ3n) is 3.00. The molecule has 1 N–H and O–H groups in total. The maximum absolute atomic E-state index is 12.5. The van der Waals surface area contributed by atoms with Crippen molar-refractivity contribution in [3.8, 4) is 5.75 Å². The number of carbonyl (C=O) groups is 1. The van der Waals surface area contributed by atoms with Gasteiger partial charge in [0.05, 0.1) is 18.0 Å². The molecule has 1 fully saturated rings. The number of nitrogens with zero attached hydrogens (tertiary/aromatic N) is 1. The summed E-state index contributed by atoms with van der Waals surface area (Å²) in [5, 5.41) is 2.66. The molecule has 1 saturated heterocycles. The van der Waals surface area contributed by atoms with E-state index in [9.17, 15) is 13.2 Å². The Morgan fingerprint density at radius 2 is 2.00 bits per heavy atom. The molecule has 0 bridgehead atoms. The molecular weight excluding hydrogens is 280 g/mol. The van der Waals surface area contributed by atoms with Crippen LogP contribution in [0.1, 0.15) is 13.3 Å². The van der Waals surface area contributed by atoms with Gasteiger partial charge >= 0.3 is 0 Å². The monoisotopic (exact) mass is 298 g/mol. The Labute approximate surface area is 118 Å². The summed E-state index contributed by atoms with van der Waals surface area (Å²) < 4.78 is 31.4. The van der Waals surface area contributed by atoms with E-state index < -0.39 is 10.0 Å². The number of hydrogen-bond donors (Lipinski definition) is 1. The van der Waals surface area contributed by atoms with E-state index in [0.29, 0.717) is 31.9 Å². The van der Waals surface area contributed by atoms with Crippen molar-refractivity contribution in [2.24, 2.45) is 0 Å². The Balaban J connectivity index is 2.22. The van der Waals surface area contributed by atoms with E-state index in [1.165, 1.54) is 16.4 Å². The van der Waals surface area contributed by atoms with E-state index in [1.54, 1.807) is 12.1 Å². The van der Waals surface area contributed by atoms with E-state index >= 15 is 0 Å². The second-order valence-corrected chi connectivity index (χ2v) is 6.38. The van der Waals surface area contributed by atoms with Crippen LogP contribution in [0, 0.1) is 0 Å². The van der Waals surface area contributed by atoms with Gasteiger partial charge in [-0.3, -0.25) is 4.79 Å². The first-order valence-corrected chi connectivity index (χ1v) is 7.98. The molecule has 0 spiro atoms. The molecule has 1 aromatic rings. The minimum atomic E-state index is -3.63. The molecule has 0 aromatic heterocycles. The van der Waals surface area contributed by atoms with E-state index in [2.05, 4.69) is 5.32 Å². The van der Waals surface area contributed by atoms with Crippen LogP contribution in [-0.4, -0.2) is 44.9 Å². The zero-order chi connectivity index (χ0) is 14.6. The number of ether oxygens (including phenoxy) is 1. The van der Waals surface area contributed by atoms with Crippen LogP contribution in [0.3, 0.4) is 0 Å². The van der Waals surface area contributed by atoms with Gasteiger partial charge in [0.2, 0.25) is 15.9 Å². The molecule has 0 unspecified atom stereocenters. The first-order valence-electron chi connectivity index (χ1n) is 6.53. The number of benzene rings is 1. The first kappa shape index (κ1) is 14.8. The molecule has 1 aromatic carbocycles. The Bertz CT molecular complexity index is 569. The number of nitrogens with one attached hydrogen (secondary N) is 1. The van der Waals surface area contributed by atoms with Crippen LogP contribution in [0.2, 0.25) is 0 Å². The maximum atomic E-state index is 12.5. The van der Waals surface area contributed by atoms with Crippen molar-refractivity contribution < 1.29 is 17.9 Å². The van der Waals surface area contributed by atoms with Gasteiger partial charge in [-0.05, 0) is 37.6 Å². The summed E-state index contributed by atoms with van der Waals surface area (Å²) in [5.74, 6) is 0.358. The molecule has 0 saturated carbocycles. The molecule has 2 rings (SSSR count). The molecular formula is C13H18N2O4S. The van der Waals surface area contributed by atoms with Crippen molar-refractivity contribution in [1.82, 2.24) is 9.62 Å². The van der Waals surface area contributed by atoms with Crippen molar-refractivity contribution in [3.05, 3.63) is 24.3 Å². The highest BCUT2D eigenvalue weighted by atomic mass is 32.2. The predicted octanol–water partition coefficient (Wildman–Crippen LogP) is 0.596. The quantitative estimate of drug-likeness (QED) is 0.883. The Kier molecular flexibility index (Phi) is 4.61. The van der Waals surface area contributed by atoms with Crippen molar-refractivity contribution in [1.29, 1.82) is 0 Å². The summed E-state index contributed by atoms with van der Waals surface area (Å²) in [4.78, 5) is 11.7. The first-order chi connectivity index (χ1) is 9.54. The minimum absolute atomic E-state index is 0.129. The van der Waals surface area contributed by atoms with Crippen LogP contribution >= 0.6 is 0 Å². The molecule has 7 heteroatoms. The lowest BCUT2D eigenvalue weighted by Crippen LogP contribution is -2.37. The fourth-order valence-electron chi connectivity index (χ4n) is 2.01. The fourth-order valence-corrected chi connectivity index (χ4v) is 3.44. The Morgan fingerprint density at radius 1 is 1.30 bits per heavy atom. The van der Waals surface area contributed by atoms with Crippen LogP contribution in [0.25, 0.3) is 0 Å². The molecule has 1 heterocycles. The molecule has 20 heavy (non-hydrogen) atoms. The Hall–Kier alpha value is -1.60. The van der Waals surface area contributed by atoms with Gasteiger partial charge in [-0.1, -0.05) is 0 Å². The highest BCUT2D eigenvalue weighted by Gasteiger charge is 2.27. The summed E-state index contributed by atoms with van der Waals surface area (Å²) in [6.45, 7) is 3.11. The normalized spacial score (nSPS) is 17.4. The van der Waals surface area contributed by atoms with Gasteiger partial charge in [0.1, 0.15) is 5.75 Å². The van der Waals surface area contributed by atoms with Gasteiger partial charge in [-0.15, -0.1) is 0 Å². The number of rotatable bonds is 4. The van der Waals surface area contributed by atoms with Crippen molar-refractivity contribution in [3.63, 3.8) is 0 Å². The molecule has 1 amide bonds. The van der Waals surface area contributed by atoms with Crippen LogP contribution in [0.4, 0.5) is 0 Å². The largest absolute Gasteiger partial charge is 0.494 e. The molecule has 1 aliphatic rings. The molecule has 0 atom stereocenters. The lowest BCUT2D eigenvalue weighted by Gasteiger charge is -2.18. The standard InChI is InChI=1S/C13H18N2O4S/c1-2-19-11-4-6-12(7-5-11)20(17,18)15-9-3-8-14-13(16)10-15/h4-7H,2-3,8-10H2,1H3,(H,14,16). The van der Waals surface area contributed by atoms with E-state index in [-0.39, 0.29) is 17.3 Å². The average molecular weight is 298 g/mol. The molecule has 110 valence electrons. The van der Waals surface area contributed by atoms with Crippen molar-refractivity contribution in [2.45, 2.75) is 18.2 Å². The van der Waals surface area contributed by atoms with Gasteiger partial charge in [0.25, 0.3) is 0 Å². The number of hydrogen-bond acceptors (Lipinski definition) is 4. The maximum Gasteiger partial charge on any atom is 0.243 e. The topological polar surface area (TPSA) is 75.7 Å². The second kappa shape index (κ2) is 6.23. The van der Waals surface area contributed by atoms with Gasteiger partial charge in [-0.2, -0.15) is 4.31 Å². The summed E-state index contributed by atoms with van der Waals surface area (Å²) in [6.07, 6.45) is 0.613. The lowest BCUT2D eigenvalue weighted by atomic mass is 10.3. The molecule has 1 aliphatic heterocycles. The molecule has 0 radical (unpaired) electrons. The predicted molar refractivity (Wildman–Crippen MR) is 74.0 cm³/mol. The summed E-state index contributed by atoms with van der Waals surface area (Å²) in [5.41, 5.74) is 0. The van der Waals surface area contributed by atoms with Crippen LogP contribution in [-0.2, 0) is 14.8 Å². The van der Waals surface area contributed by atoms with Crippen LogP contribution in [0.5, 0.6) is 5.75 Å². The third kappa shape index (κ3) is 3.29. The second-order valence-electron chi connectivity index (χ2n) is 4.45. The summed E-state index contributed by atoms with van der Waals surface area (Å²) >= 11 is 0. The van der Waals surface area contributed by atoms with Crippen molar-refractivity contribution in [2.75, 3.05) is 26.2 Å². The molecule has 6 nitrogen and oxygen atoms in total. The van der Waals surface area contributed by atoms with Crippen LogP contribution in [0.15, 0.2) is 29.2 Å². The van der Waals surface area contributed by atoms with Crippen LogP contribution < -0.4 is 10.1 Å². The lowest BCUT2D eigenvalue weighted by molar-refractivity contribution is -0.120. The highest BCUT2D eigenvalue weighted by Crippen LogP contribution is 2.20. The number of carbonyl (C=O) groups excluding carboxylic acids is 1. The molecule has 0 aliphatic carbocycles. The highest BCUT2D eigenvalue weighted by molar-refractivity contribution is 7.89. The summed E-state index contributed by atoms with van der Waals surface area (Å²) in [7, 11) is -3.63. The zero-order valence-electron chi connectivity index (χ0n) is 11.3. The smallest absolute Gasteiger partial charge is 0.243 e. The Morgan fingerprint density at radius 3 is 2.65 bits per heavy atom. The summed E-state index contributed by atoms with van der Waals surface area (Å²) in [6, 6.07) is 6.24. The average Bonchev–Trinajstić information content (AvgIpc) is 2.65. The fraction of sp³-hybridized carbons (Fsp3) is 0.462. The zero-order valence-corrected chi connectivity index (χ0v) is 12.1. The number of sulfonamides is 1. The van der Waals surface area contributed by atoms with Gasteiger partial charge in [0.15, 0.2) is 0 Å². The van der Waals surface area contributed by atoms with Gasteiger partial charge < -0.3 is 10.1 Å². The minimum Gasteiger partial charge on any atom is -0.494 e. The van der Waals surface area contributed by atoms with E-state index in [0.717, 1.165) is 0 Å². The van der Waals surface area contributed by atoms with Gasteiger partial charge in [-0.25, -0.2) is 8.42 Å². The van der Waals surface area contributed by atoms with E-state index in [1.807, 2.05) is 6.92 Å².